The van der Waals surface area contributed by atoms with Crippen LogP contribution in [0, 0.1) is 0 Å². The summed E-state index contributed by atoms with van der Waals surface area (Å²) in [5, 5.41) is 0. The van der Waals surface area contributed by atoms with E-state index in [1.165, 1.54) is 6.07 Å². The summed E-state index contributed by atoms with van der Waals surface area (Å²) in [6, 6.07) is 7.86. The van der Waals surface area contributed by atoms with Crippen LogP contribution in [0.4, 0.5) is 5.69 Å². The molecule has 0 bridgehead atoms. The van der Waals surface area contributed by atoms with Gasteiger partial charge < -0.3 is 11.5 Å². The predicted octanol–water partition coefficient (Wildman–Crippen LogP) is 1.91. The SMILES string of the molecule is NC(=O)c1cc(Br)c2c(c1N)C(=O)c1ccccc1C2=O. The Bertz CT molecular complexity index is 843. The van der Waals surface area contributed by atoms with Crippen LogP contribution < -0.4 is 11.5 Å². The number of nitrogens with two attached hydrogens (primary N) is 2. The summed E-state index contributed by atoms with van der Waals surface area (Å²) in [5.41, 5.74) is 11.9. The van der Waals surface area contributed by atoms with E-state index < -0.39 is 5.91 Å². The minimum Gasteiger partial charge on any atom is -0.397 e. The first-order valence-corrected chi connectivity index (χ1v) is 6.83. The van der Waals surface area contributed by atoms with Gasteiger partial charge in [-0.2, -0.15) is 0 Å². The maximum atomic E-state index is 12.6. The van der Waals surface area contributed by atoms with Crippen molar-refractivity contribution in [1.82, 2.24) is 0 Å². The first-order chi connectivity index (χ1) is 9.93. The number of amides is 1. The average molecular weight is 345 g/mol. The highest BCUT2D eigenvalue weighted by Crippen LogP contribution is 2.37. The highest BCUT2D eigenvalue weighted by Gasteiger charge is 2.34. The van der Waals surface area contributed by atoms with Gasteiger partial charge in [-0.05, 0) is 22.0 Å². The lowest BCUT2D eigenvalue weighted by Gasteiger charge is -2.21. The molecule has 0 saturated heterocycles. The number of anilines is 1. The molecule has 0 fully saturated rings. The van der Waals surface area contributed by atoms with Gasteiger partial charge in [0.1, 0.15) is 0 Å². The molecule has 4 N–H and O–H groups in total. The zero-order valence-electron chi connectivity index (χ0n) is 10.6. The maximum absolute atomic E-state index is 12.6. The maximum Gasteiger partial charge on any atom is 0.250 e. The summed E-state index contributed by atoms with van der Waals surface area (Å²) in [4.78, 5) is 36.6. The molecule has 2 aromatic carbocycles. The lowest BCUT2D eigenvalue weighted by Crippen LogP contribution is -2.25. The van der Waals surface area contributed by atoms with Crippen molar-refractivity contribution in [2.24, 2.45) is 5.73 Å². The Morgan fingerprint density at radius 3 is 2.05 bits per heavy atom. The molecule has 1 aliphatic carbocycles. The van der Waals surface area contributed by atoms with E-state index >= 15 is 0 Å². The van der Waals surface area contributed by atoms with Crippen molar-refractivity contribution >= 4 is 39.1 Å². The van der Waals surface area contributed by atoms with Crippen molar-refractivity contribution in [1.29, 1.82) is 0 Å². The van der Waals surface area contributed by atoms with Gasteiger partial charge in [0.15, 0.2) is 11.6 Å². The standard InChI is InChI=1S/C15H9BrN2O3/c16-9-5-8(15(18)21)12(17)11-10(9)13(19)6-3-1-2-4-7(6)14(11)20/h1-5H,17H2,(H2,18,21). The third-order valence-electron chi connectivity index (χ3n) is 3.46. The fraction of sp³-hybridized carbons (Fsp3) is 0. The predicted molar refractivity (Wildman–Crippen MR) is 80.4 cm³/mol. The first kappa shape index (κ1) is 13.5. The highest BCUT2D eigenvalue weighted by molar-refractivity contribution is 9.10. The Labute approximate surface area is 128 Å². The molecule has 0 saturated carbocycles. The number of carbonyl (C=O) groups is 3. The summed E-state index contributed by atoms with van der Waals surface area (Å²) in [5.74, 6) is -1.45. The molecular formula is C15H9BrN2O3. The van der Waals surface area contributed by atoms with Crippen LogP contribution in [0.5, 0.6) is 0 Å². The van der Waals surface area contributed by atoms with Gasteiger partial charge in [-0.25, -0.2) is 0 Å². The number of rotatable bonds is 1. The van der Waals surface area contributed by atoms with Gasteiger partial charge >= 0.3 is 0 Å². The Hall–Kier alpha value is -2.47. The molecule has 1 amide bonds. The molecule has 0 aromatic heterocycles. The molecule has 0 unspecified atom stereocenters. The molecule has 0 radical (unpaired) electrons. The number of carbonyl (C=O) groups excluding carboxylic acids is 3. The van der Waals surface area contributed by atoms with Crippen molar-refractivity contribution in [3.05, 3.63) is 62.6 Å². The molecule has 0 heterocycles. The van der Waals surface area contributed by atoms with E-state index in [2.05, 4.69) is 15.9 Å². The largest absolute Gasteiger partial charge is 0.397 e. The molecule has 0 spiro atoms. The van der Waals surface area contributed by atoms with Crippen molar-refractivity contribution < 1.29 is 14.4 Å². The van der Waals surface area contributed by atoms with E-state index in [-0.39, 0.29) is 39.5 Å². The number of nitrogen functional groups attached to an aromatic ring is 1. The van der Waals surface area contributed by atoms with Crippen molar-refractivity contribution in [2.45, 2.75) is 0 Å². The molecule has 0 atom stereocenters. The summed E-state index contributed by atoms with van der Waals surface area (Å²) >= 11 is 3.22. The fourth-order valence-electron chi connectivity index (χ4n) is 2.48. The molecule has 3 rings (SSSR count). The lowest BCUT2D eigenvalue weighted by atomic mass is 9.82. The first-order valence-electron chi connectivity index (χ1n) is 6.03. The van der Waals surface area contributed by atoms with Crippen LogP contribution >= 0.6 is 15.9 Å². The number of hydrogen-bond donors (Lipinski definition) is 2. The third kappa shape index (κ3) is 1.80. The Kier molecular flexibility index (Phi) is 2.91. The molecule has 21 heavy (non-hydrogen) atoms. The van der Waals surface area contributed by atoms with Crippen LogP contribution in [0.2, 0.25) is 0 Å². The van der Waals surface area contributed by atoms with Crippen LogP contribution in [0.3, 0.4) is 0 Å². The Morgan fingerprint density at radius 1 is 1.00 bits per heavy atom. The van der Waals surface area contributed by atoms with Gasteiger partial charge in [0, 0.05) is 15.6 Å². The number of primary amides is 1. The van der Waals surface area contributed by atoms with Gasteiger partial charge in [0.2, 0.25) is 0 Å². The lowest BCUT2D eigenvalue weighted by molar-refractivity contribution is 0.0977. The molecule has 2 aromatic rings. The van der Waals surface area contributed by atoms with Crippen LogP contribution in [0.25, 0.3) is 0 Å². The molecule has 104 valence electrons. The average Bonchev–Trinajstić information content (AvgIpc) is 2.46. The molecule has 0 aliphatic heterocycles. The van der Waals surface area contributed by atoms with Gasteiger partial charge in [-0.1, -0.05) is 24.3 Å². The van der Waals surface area contributed by atoms with Crippen molar-refractivity contribution in [3.8, 4) is 0 Å². The van der Waals surface area contributed by atoms with Crippen LogP contribution in [0.15, 0.2) is 34.8 Å². The molecule has 6 heteroatoms. The smallest absolute Gasteiger partial charge is 0.250 e. The highest BCUT2D eigenvalue weighted by atomic mass is 79.9. The number of fused-ring (bicyclic) bond motifs is 2. The van der Waals surface area contributed by atoms with Gasteiger partial charge in [-0.15, -0.1) is 0 Å². The number of halogens is 1. The van der Waals surface area contributed by atoms with Crippen LogP contribution in [-0.2, 0) is 0 Å². The van der Waals surface area contributed by atoms with E-state index in [0.29, 0.717) is 10.0 Å². The van der Waals surface area contributed by atoms with E-state index in [9.17, 15) is 14.4 Å². The summed E-state index contributed by atoms with van der Waals surface area (Å²) in [7, 11) is 0. The van der Waals surface area contributed by atoms with Crippen molar-refractivity contribution in [3.63, 3.8) is 0 Å². The number of benzene rings is 2. The topological polar surface area (TPSA) is 103 Å². The van der Waals surface area contributed by atoms with Crippen molar-refractivity contribution in [2.75, 3.05) is 5.73 Å². The van der Waals surface area contributed by atoms with E-state index in [4.69, 9.17) is 11.5 Å². The van der Waals surface area contributed by atoms with Gasteiger partial charge in [0.25, 0.3) is 5.91 Å². The van der Waals surface area contributed by atoms with Gasteiger partial charge in [0.05, 0.1) is 22.4 Å². The summed E-state index contributed by atoms with van der Waals surface area (Å²) in [6.45, 7) is 0. The van der Waals surface area contributed by atoms with Crippen LogP contribution in [0.1, 0.15) is 42.2 Å². The number of hydrogen-bond acceptors (Lipinski definition) is 4. The summed E-state index contributed by atoms with van der Waals surface area (Å²) in [6.07, 6.45) is 0. The van der Waals surface area contributed by atoms with Gasteiger partial charge in [-0.3, -0.25) is 14.4 Å². The third-order valence-corrected chi connectivity index (χ3v) is 4.08. The molecular weight excluding hydrogens is 336 g/mol. The quantitative estimate of drug-likeness (QED) is 0.658. The van der Waals surface area contributed by atoms with E-state index in [1.807, 2.05) is 0 Å². The Balaban J connectivity index is 2.41. The zero-order valence-corrected chi connectivity index (χ0v) is 12.2. The second-order valence-corrected chi connectivity index (χ2v) is 5.49. The Morgan fingerprint density at radius 2 is 1.52 bits per heavy atom. The zero-order chi connectivity index (χ0) is 15.3. The minimum absolute atomic E-state index is 0.0150. The molecule has 1 aliphatic rings. The van der Waals surface area contributed by atoms with Crippen LogP contribution in [-0.4, -0.2) is 17.5 Å². The summed E-state index contributed by atoms with van der Waals surface area (Å²) < 4.78 is 0.327. The second-order valence-electron chi connectivity index (χ2n) is 4.64. The fourth-order valence-corrected chi connectivity index (χ4v) is 3.08. The minimum atomic E-state index is -0.755. The normalized spacial score (nSPS) is 12.8. The number of ketones is 2. The van der Waals surface area contributed by atoms with E-state index in [0.717, 1.165) is 0 Å². The monoisotopic (exact) mass is 344 g/mol. The van der Waals surface area contributed by atoms with E-state index in [1.54, 1.807) is 24.3 Å². The second kappa shape index (κ2) is 4.53. The molecule has 5 nitrogen and oxygen atoms in total.